The van der Waals surface area contributed by atoms with Gasteiger partial charge in [0.05, 0.1) is 17.7 Å². The van der Waals surface area contributed by atoms with E-state index in [9.17, 15) is 19.2 Å². The van der Waals surface area contributed by atoms with Gasteiger partial charge < -0.3 is 14.4 Å². The largest absolute Gasteiger partial charge is 0.494 e. The summed E-state index contributed by atoms with van der Waals surface area (Å²) in [5.74, 6) is -0.587. The summed E-state index contributed by atoms with van der Waals surface area (Å²) in [5.41, 5.74) is 1.76. The summed E-state index contributed by atoms with van der Waals surface area (Å²) in [7, 11) is 0. The molecule has 2 aliphatic heterocycles. The summed E-state index contributed by atoms with van der Waals surface area (Å²) in [6, 6.07) is 12.3. The van der Waals surface area contributed by atoms with Gasteiger partial charge in [-0.3, -0.25) is 24.1 Å². The second kappa shape index (κ2) is 9.90. The highest BCUT2D eigenvalue weighted by atomic mass is 16.6. The molecule has 35 heavy (non-hydrogen) atoms. The number of hydrogen-bond donors (Lipinski definition) is 0. The van der Waals surface area contributed by atoms with Crippen LogP contribution in [0.15, 0.2) is 42.5 Å². The molecule has 0 saturated carbocycles. The lowest BCUT2D eigenvalue weighted by Gasteiger charge is -2.29. The van der Waals surface area contributed by atoms with Crippen LogP contribution in [-0.4, -0.2) is 65.3 Å². The Bertz CT molecular complexity index is 1130. The van der Waals surface area contributed by atoms with Crippen molar-refractivity contribution in [2.75, 3.05) is 26.2 Å². The standard InChI is InChI=1S/C27H30N2O6/c1-27(2,3)35-23(30)17-28-14-12-18-10-11-19(16-22(18)24(28)31)34-15-7-6-13-29-25(32)20-8-4-5-9-21(20)26(29)33/h4-5,8-11,16H,6-7,12-15,17H2,1-3H3. The Labute approximate surface area is 204 Å². The van der Waals surface area contributed by atoms with Gasteiger partial charge in [0.25, 0.3) is 17.7 Å². The minimum absolute atomic E-state index is 0.0849. The summed E-state index contributed by atoms with van der Waals surface area (Å²) in [4.78, 5) is 52.8. The molecular weight excluding hydrogens is 448 g/mol. The number of nitrogens with zero attached hydrogens (tertiary/aromatic N) is 2. The van der Waals surface area contributed by atoms with Crippen molar-refractivity contribution >= 4 is 23.7 Å². The number of ether oxygens (including phenoxy) is 2. The van der Waals surface area contributed by atoms with E-state index in [4.69, 9.17) is 9.47 Å². The number of benzene rings is 2. The monoisotopic (exact) mass is 478 g/mol. The summed E-state index contributed by atoms with van der Waals surface area (Å²) in [6.45, 7) is 6.47. The van der Waals surface area contributed by atoms with Gasteiger partial charge in [-0.15, -0.1) is 0 Å². The molecule has 0 radical (unpaired) electrons. The molecule has 0 aromatic heterocycles. The highest BCUT2D eigenvalue weighted by molar-refractivity contribution is 6.21. The topological polar surface area (TPSA) is 93.2 Å². The fraction of sp³-hybridized carbons (Fsp3) is 0.407. The molecule has 8 nitrogen and oxygen atoms in total. The molecule has 0 saturated heterocycles. The van der Waals surface area contributed by atoms with Gasteiger partial charge in [0, 0.05) is 18.7 Å². The lowest BCUT2D eigenvalue weighted by molar-refractivity contribution is -0.155. The first-order valence-corrected chi connectivity index (χ1v) is 11.9. The van der Waals surface area contributed by atoms with Crippen LogP contribution in [0.2, 0.25) is 0 Å². The molecule has 0 bridgehead atoms. The van der Waals surface area contributed by atoms with E-state index >= 15 is 0 Å². The number of esters is 1. The number of carbonyl (C=O) groups excluding carboxylic acids is 4. The van der Waals surface area contributed by atoms with E-state index in [0.717, 1.165) is 5.56 Å². The van der Waals surface area contributed by atoms with Crippen molar-refractivity contribution in [3.63, 3.8) is 0 Å². The first-order chi connectivity index (χ1) is 16.6. The molecule has 2 aromatic rings. The zero-order valence-electron chi connectivity index (χ0n) is 20.3. The Morgan fingerprint density at radius 2 is 1.60 bits per heavy atom. The minimum atomic E-state index is -0.603. The predicted molar refractivity (Wildman–Crippen MR) is 128 cm³/mol. The molecule has 0 unspecified atom stereocenters. The van der Waals surface area contributed by atoms with Crippen LogP contribution in [0.5, 0.6) is 5.75 Å². The van der Waals surface area contributed by atoms with E-state index in [1.165, 1.54) is 9.80 Å². The van der Waals surface area contributed by atoms with E-state index in [2.05, 4.69) is 0 Å². The van der Waals surface area contributed by atoms with E-state index in [1.54, 1.807) is 51.1 Å². The highest BCUT2D eigenvalue weighted by Gasteiger charge is 2.34. The van der Waals surface area contributed by atoms with E-state index < -0.39 is 11.6 Å². The Hall–Kier alpha value is -3.68. The van der Waals surface area contributed by atoms with Crippen LogP contribution in [-0.2, 0) is 16.0 Å². The lowest BCUT2D eigenvalue weighted by atomic mass is 9.98. The maximum atomic E-state index is 12.9. The lowest BCUT2D eigenvalue weighted by Crippen LogP contribution is -2.42. The summed E-state index contributed by atoms with van der Waals surface area (Å²) in [5, 5.41) is 0. The van der Waals surface area contributed by atoms with Crippen molar-refractivity contribution in [3.05, 3.63) is 64.7 Å². The molecule has 8 heteroatoms. The molecule has 0 fully saturated rings. The first kappa shape index (κ1) is 24.4. The molecular formula is C27H30N2O6. The third-order valence-corrected chi connectivity index (χ3v) is 5.91. The molecule has 2 aliphatic rings. The molecule has 0 spiro atoms. The minimum Gasteiger partial charge on any atom is -0.494 e. The normalized spacial score (nSPS) is 15.2. The number of fused-ring (bicyclic) bond motifs is 2. The van der Waals surface area contributed by atoms with Gasteiger partial charge >= 0.3 is 5.97 Å². The average Bonchev–Trinajstić information content (AvgIpc) is 3.04. The summed E-state index contributed by atoms with van der Waals surface area (Å²) in [6.07, 6.45) is 1.91. The van der Waals surface area contributed by atoms with Gasteiger partial charge in [0.15, 0.2) is 0 Å². The van der Waals surface area contributed by atoms with Crippen LogP contribution in [0.1, 0.15) is 70.3 Å². The van der Waals surface area contributed by atoms with E-state index in [0.29, 0.717) is 61.4 Å². The average molecular weight is 479 g/mol. The summed E-state index contributed by atoms with van der Waals surface area (Å²) >= 11 is 0. The second-order valence-corrected chi connectivity index (χ2v) is 9.75. The fourth-order valence-electron chi connectivity index (χ4n) is 4.27. The van der Waals surface area contributed by atoms with Crippen molar-refractivity contribution in [2.24, 2.45) is 0 Å². The predicted octanol–water partition coefficient (Wildman–Crippen LogP) is 3.48. The number of hydrogen-bond acceptors (Lipinski definition) is 6. The number of unbranched alkanes of at least 4 members (excludes halogenated alkanes) is 1. The quantitative estimate of drug-likeness (QED) is 0.328. The van der Waals surface area contributed by atoms with Crippen molar-refractivity contribution in [1.29, 1.82) is 0 Å². The highest BCUT2D eigenvalue weighted by Crippen LogP contribution is 2.25. The van der Waals surface area contributed by atoms with Crippen LogP contribution in [0.25, 0.3) is 0 Å². The SMILES string of the molecule is CC(C)(C)OC(=O)CN1CCc2ccc(OCCCCN3C(=O)c4ccccc4C3=O)cc2C1=O. The Morgan fingerprint density at radius 1 is 0.914 bits per heavy atom. The van der Waals surface area contributed by atoms with Gasteiger partial charge in [-0.05, 0) is 69.9 Å². The van der Waals surface area contributed by atoms with Gasteiger partial charge in [0.1, 0.15) is 17.9 Å². The van der Waals surface area contributed by atoms with Gasteiger partial charge in [-0.25, -0.2) is 0 Å². The third kappa shape index (κ3) is 5.53. The molecule has 2 aromatic carbocycles. The molecule has 184 valence electrons. The number of carbonyl (C=O) groups is 4. The Balaban J connectivity index is 1.27. The zero-order chi connectivity index (χ0) is 25.2. The Morgan fingerprint density at radius 3 is 2.26 bits per heavy atom. The van der Waals surface area contributed by atoms with Crippen LogP contribution in [0.4, 0.5) is 0 Å². The number of rotatable bonds is 8. The van der Waals surface area contributed by atoms with Crippen LogP contribution >= 0.6 is 0 Å². The van der Waals surface area contributed by atoms with E-state index in [-0.39, 0.29) is 24.3 Å². The maximum absolute atomic E-state index is 12.9. The van der Waals surface area contributed by atoms with Gasteiger partial charge in [-0.1, -0.05) is 18.2 Å². The molecule has 0 N–H and O–H groups in total. The molecule has 0 aliphatic carbocycles. The number of imide groups is 1. The Kier molecular flexibility index (Phi) is 6.91. The van der Waals surface area contributed by atoms with Crippen LogP contribution in [0.3, 0.4) is 0 Å². The number of amides is 3. The van der Waals surface area contributed by atoms with Crippen molar-refractivity contribution in [3.8, 4) is 5.75 Å². The van der Waals surface area contributed by atoms with Crippen molar-refractivity contribution < 1.29 is 28.7 Å². The van der Waals surface area contributed by atoms with E-state index in [1.807, 2.05) is 12.1 Å². The van der Waals surface area contributed by atoms with Crippen molar-refractivity contribution in [2.45, 2.75) is 45.6 Å². The fourth-order valence-corrected chi connectivity index (χ4v) is 4.27. The van der Waals surface area contributed by atoms with Crippen molar-refractivity contribution in [1.82, 2.24) is 9.80 Å². The van der Waals surface area contributed by atoms with Crippen LogP contribution < -0.4 is 4.74 Å². The van der Waals surface area contributed by atoms with Gasteiger partial charge in [0.2, 0.25) is 0 Å². The molecule has 0 atom stereocenters. The maximum Gasteiger partial charge on any atom is 0.326 e. The molecule has 2 heterocycles. The zero-order valence-corrected chi connectivity index (χ0v) is 20.3. The summed E-state index contributed by atoms with van der Waals surface area (Å²) < 4.78 is 11.2. The second-order valence-electron chi connectivity index (χ2n) is 9.75. The smallest absolute Gasteiger partial charge is 0.326 e. The van der Waals surface area contributed by atoms with Crippen LogP contribution in [0, 0.1) is 0 Å². The first-order valence-electron chi connectivity index (χ1n) is 11.9. The molecule has 4 rings (SSSR count). The molecule has 3 amide bonds. The van der Waals surface area contributed by atoms with Gasteiger partial charge in [-0.2, -0.15) is 0 Å². The third-order valence-electron chi connectivity index (χ3n) is 5.91.